The third-order valence-corrected chi connectivity index (χ3v) is 3.67. The molecule has 1 aliphatic heterocycles. The summed E-state index contributed by atoms with van der Waals surface area (Å²) >= 11 is 0. The van der Waals surface area contributed by atoms with Crippen molar-refractivity contribution in [1.82, 2.24) is 4.57 Å². The minimum atomic E-state index is 0.374. The van der Waals surface area contributed by atoms with Crippen LogP contribution in [0.5, 0.6) is 5.88 Å². The molecule has 0 saturated carbocycles. The van der Waals surface area contributed by atoms with Gasteiger partial charge >= 0.3 is 0 Å². The lowest BCUT2D eigenvalue weighted by atomic mass is 10.0. The van der Waals surface area contributed by atoms with Crippen molar-refractivity contribution in [1.29, 1.82) is 0 Å². The summed E-state index contributed by atoms with van der Waals surface area (Å²) in [5.41, 5.74) is 3.12. The minimum absolute atomic E-state index is 0.374. The molecule has 94 valence electrons. The molecule has 0 unspecified atom stereocenters. The predicted octanol–water partition coefficient (Wildman–Crippen LogP) is 3.34. The largest absolute Gasteiger partial charge is 0.494 e. The number of fused-ring (bicyclic) bond motifs is 1. The number of aliphatic imine (C=N–C) groups is 1. The Bertz CT molecular complexity index is 610. The molecule has 0 saturated heterocycles. The molecule has 0 aliphatic carbocycles. The predicted molar refractivity (Wildman–Crippen MR) is 74.5 cm³/mol. The van der Waals surface area contributed by atoms with Gasteiger partial charge in [0.1, 0.15) is 0 Å². The topological polar surface area (TPSA) is 37.5 Å². The van der Waals surface area contributed by atoms with E-state index in [0.29, 0.717) is 5.88 Å². The number of benzene rings is 1. The molecule has 3 rings (SSSR count). The quantitative estimate of drug-likeness (QED) is 0.861. The lowest BCUT2D eigenvalue weighted by Gasteiger charge is -2.11. The highest BCUT2D eigenvalue weighted by Gasteiger charge is 2.20. The molecule has 0 fully saturated rings. The average molecular weight is 242 g/mol. The van der Waals surface area contributed by atoms with Crippen molar-refractivity contribution in [2.45, 2.75) is 32.7 Å². The second kappa shape index (κ2) is 4.48. The molecule has 0 radical (unpaired) electrons. The summed E-state index contributed by atoms with van der Waals surface area (Å²) in [5, 5.41) is 11.6. The van der Waals surface area contributed by atoms with Gasteiger partial charge in [0.15, 0.2) is 0 Å². The molecule has 0 amide bonds. The van der Waals surface area contributed by atoms with Crippen LogP contribution in [0.25, 0.3) is 10.9 Å². The maximum atomic E-state index is 10.4. The average Bonchev–Trinajstić information content (AvgIpc) is 2.71. The Kier molecular flexibility index (Phi) is 2.82. The number of aromatic nitrogens is 1. The zero-order valence-electron chi connectivity index (χ0n) is 10.7. The van der Waals surface area contributed by atoms with E-state index in [4.69, 9.17) is 0 Å². The molecule has 2 heterocycles. The number of aryl methyl sites for hydroxylation is 1. The molecule has 1 aromatic carbocycles. The maximum Gasteiger partial charge on any atom is 0.201 e. The molecule has 3 heteroatoms. The highest BCUT2D eigenvalue weighted by atomic mass is 16.3. The summed E-state index contributed by atoms with van der Waals surface area (Å²) in [6.45, 7) is 3.72. The molecular weight excluding hydrogens is 224 g/mol. The fraction of sp³-hybridized carbons (Fsp3) is 0.400. The molecule has 1 aliphatic rings. The van der Waals surface area contributed by atoms with Gasteiger partial charge < -0.3 is 9.67 Å². The molecule has 2 aromatic rings. The van der Waals surface area contributed by atoms with Gasteiger partial charge in [0.05, 0.1) is 11.1 Å². The second-order valence-electron chi connectivity index (χ2n) is 4.75. The second-order valence-corrected chi connectivity index (χ2v) is 4.75. The van der Waals surface area contributed by atoms with Crippen LogP contribution >= 0.6 is 0 Å². The summed E-state index contributed by atoms with van der Waals surface area (Å²) < 4.78 is 1.96. The van der Waals surface area contributed by atoms with Crippen molar-refractivity contribution in [3.63, 3.8) is 0 Å². The van der Waals surface area contributed by atoms with Gasteiger partial charge in [0.25, 0.3) is 0 Å². The van der Waals surface area contributed by atoms with Crippen molar-refractivity contribution in [2.75, 3.05) is 6.54 Å². The summed E-state index contributed by atoms with van der Waals surface area (Å²) in [7, 11) is 0. The van der Waals surface area contributed by atoms with Gasteiger partial charge in [-0.3, -0.25) is 4.99 Å². The van der Waals surface area contributed by atoms with Crippen LogP contribution in [0.2, 0.25) is 0 Å². The van der Waals surface area contributed by atoms with Crippen molar-refractivity contribution in [3.05, 3.63) is 29.8 Å². The Balaban J connectivity index is 2.28. The van der Waals surface area contributed by atoms with Crippen LogP contribution in [0.15, 0.2) is 29.3 Å². The monoisotopic (exact) mass is 242 g/mol. The van der Waals surface area contributed by atoms with E-state index in [9.17, 15) is 5.11 Å². The van der Waals surface area contributed by atoms with Gasteiger partial charge in [-0.25, -0.2) is 0 Å². The van der Waals surface area contributed by atoms with E-state index in [-0.39, 0.29) is 0 Å². The van der Waals surface area contributed by atoms with E-state index >= 15 is 0 Å². The van der Waals surface area contributed by atoms with Gasteiger partial charge in [-0.15, -0.1) is 0 Å². The van der Waals surface area contributed by atoms with Crippen LogP contribution in [0.1, 0.15) is 31.7 Å². The first-order chi connectivity index (χ1) is 8.83. The smallest absolute Gasteiger partial charge is 0.201 e. The van der Waals surface area contributed by atoms with E-state index in [1.165, 1.54) is 6.42 Å². The number of nitrogens with zero attached hydrogens (tertiary/aromatic N) is 2. The van der Waals surface area contributed by atoms with Crippen LogP contribution in [0.4, 0.5) is 0 Å². The number of aromatic hydroxyl groups is 1. The normalized spacial score (nSPS) is 15.9. The third-order valence-electron chi connectivity index (χ3n) is 3.67. The zero-order chi connectivity index (χ0) is 12.5. The minimum Gasteiger partial charge on any atom is -0.494 e. The molecular formula is C15H18N2O. The molecule has 0 spiro atoms. The number of rotatable bonds is 2. The van der Waals surface area contributed by atoms with Crippen LogP contribution < -0.4 is 0 Å². The molecule has 18 heavy (non-hydrogen) atoms. The lowest BCUT2D eigenvalue weighted by molar-refractivity contribution is 0.424. The third kappa shape index (κ3) is 1.62. The maximum absolute atomic E-state index is 10.4. The van der Waals surface area contributed by atoms with E-state index in [2.05, 4.69) is 24.0 Å². The summed E-state index contributed by atoms with van der Waals surface area (Å²) in [6, 6.07) is 8.17. The van der Waals surface area contributed by atoms with E-state index in [1.54, 1.807) is 0 Å². The summed E-state index contributed by atoms with van der Waals surface area (Å²) in [5.74, 6) is 0.374. The van der Waals surface area contributed by atoms with Gasteiger partial charge in [-0.1, -0.05) is 18.2 Å². The number of para-hydroxylation sites is 1. The Morgan fingerprint density at radius 2 is 2.11 bits per heavy atom. The Labute approximate surface area is 107 Å². The molecule has 3 nitrogen and oxygen atoms in total. The van der Waals surface area contributed by atoms with Crippen molar-refractivity contribution in [2.24, 2.45) is 4.99 Å². The fourth-order valence-corrected chi connectivity index (χ4v) is 2.80. The molecule has 1 N–H and O–H groups in total. The van der Waals surface area contributed by atoms with Crippen LogP contribution in [-0.4, -0.2) is 21.9 Å². The van der Waals surface area contributed by atoms with Crippen molar-refractivity contribution < 1.29 is 5.11 Å². The standard InChI is InChI=1S/C15H18N2O/c1-2-17-13-9-4-3-7-11(13)14(15(17)18)12-8-5-6-10-16-12/h3-4,7,9,18H,2,5-6,8,10H2,1H3. The molecule has 0 bridgehead atoms. The zero-order valence-corrected chi connectivity index (χ0v) is 10.7. The van der Waals surface area contributed by atoms with E-state index in [1.807, 2.05) is 16.7 Å². The Morgan fingerprint density at radius 3 is 2.83 bits per heavy atom. The van der Waals surface area contributed by atoms with Gasteiger partial charge in [0.2, 0.25) is 5.88 Å². The molecule has 1 aromatic heterocycles. The van der Waals surface area contributed by atoms with E-state index in [0.717, 1.165) is 48.1 Å². The first-order valence-electron chi connectivity index (χ1n) is 6.66. The SMILES string of the molecule is CCn1c(O)c(C2=NCCCC2)c2ccccc21. The van der Waals surface area contributed by atoms with Crippen LogP contribution in [0, 0.1) is 0 Å². The Hall–Kier alpha value is -1.77. The van der Waals surface area contributed by atoms with Crippen LogP contribution in [-0.2, 0) is 6.54 Å². The van der Waals surface area contributed by atoms with Crippen molar-refractivity contribution >= 4 is 16.6 Å². The fourth-order valence-electron chi connectivity index (χ4n) is 2.80. The first-order valence-corrected chi connectivity index (χ1v) is 6.66. The Morgan fingerprint density at radius 1 is 1.28 bits per heavy atom. The molecule has 0 atom stereocenters. The highest BCUT2D eigenvalue weighted by molar-refractivity contribution is 6.13. The van der Waals surface area contributed by atoms with Crippen LogP contribution in [0.3, 0.4) is 0 Å². The number of hydrogen-bond acceptors (Lipinski definition) is 2. The first kappa shape index (κ1) is 11.3. The number of hydrogen-bond donors (Lipinski definition) is 1. The van der Waals surface area contributed by atoms with Gasteiger partial charge in [0, 0.05) is 24.2 Å². The highest BCUT2D eigenvalue weighted by Crippen LogP contribution is 2.33. The summed E-state index contributed by atoms with van der Waals surface area (Å²) in [6.07, 6.45) is 3.31. The van der Waals surface area contributed by atoms with Gasteiger partial charge in [-0.2, -0.15) is 0 Å². The lowest BCUT2D eigenvalue weighted by Crippen LogP contribution is -2.07. The summed E-state index contributed by atoms with van der Waals surface area (Å²) in [4.78, 5) is 4.60. The van der Waals surface area contributed by atoms with Crippen molar-refractivity contribution in [3.8, 4) is 5.88 Å². The van der Waals surface area contributed by atoms with E-state index < -0.39 is 0 Å². The van der Waals surface area contributed by atoms with Gasteiger partial charge in [-0.05, 0) is 32.3 Å².